The van der Waals surface area contributed by atoms with E-state index < -0.39 is 5.92 Å². The fourth-order valence-corrected chi connectivity index (χ4v) is 5.10. The van der Waals surface area contributed by atoms with E-state index in [1.807, 2.05) is 38.1 Å². The van der Waals surface area contributed by atoms with Crippen molar-refractivity contribution in [2.45, 2.75) is 51.6 Å². The minimum atomic E-state index is -2.72. The molecule has 9 nitrogen and oxygen atoms in total. The normalized spacial score (nSPS) is 16.9. The number of pyridine rings is 2. The van der Waals surface area contributed by atoms with Crippen LogP contribution in [0.2, 0.25) is 0 Å². The Morgan fingerprint density at radius 3 is 2.44 bits per heavy atom. The lowest BCUT2D eigenvalue weighted by Crippen LogP contribution is -2.40. The predicted molar refractivity (Wildman–Crippen MR) is 147 cm³/mol. The number of nitrogens with one attached hydrogen (secondary N) is 2. The maximum Gasteiger partial charge on any atom is 0.262 e. The minimum Gasteiger partial charge on any atom is -0.385 e. The second-order valence-corrected chi connectivity index (χ2v) is 9.81. The third kappa shape index (κ3) is 6.08. The van der Waals surface area contributed by atoms with E-state index in [2.05, 4.69) is 10.6 Å². The minimum absolute atomic E-state index is 0.113. The number of likely N-dealkylation sites (N-methyl/N-ethyl adjacent to an activating group) is 2. The van der Waals surface area contributed by atoms with Crippen molar-refractivity contribution in [1.82, 2.24) is 25.1 Å². The number of amides is 2. The van der Waals surface area contributed by atoms with Crippen LogP contribution < -0.4 is 21.8 Å². The van der Waals surface area contributed by atoms with Gasteiger partial charge in [0.05, 0.1) is 30.5 Å². The molecule has 0 unspecified atom stereocenters. The summed E-state index contributed by atoms with van der Waals surface area (Å²) in [5, 5.41) is 5.68. The van der Waals surface area contributed by atoms with Crippen LogP contribution in [0, 0.1) is 0 Å². The summed E-state index contributed by atoms with van der Waals surface area (Å²) in [7, 11) is 1.50. The van der Waals surface area contributed by atoms with Crippen molar-refractivity contribution < 1.29 is 18.4 Å². The molecule has 2 amide bonds. The number of aromatic nitrogens is 2. The Labute approximate surface area is 225 Å². The van der Waals surface area contributed by atoms with E-state index in [9.17, 15) is 23.2 Å². The molecule has 0 spiro atoms. The number of alkyl halides is 2. The maximum absolute atomic E-state index is 13.7. The number of anilines is 1. The number of likely N-dealkylation sites (tertiary alicyclic amines) is 1. The number of carbonyl (C=O) groups is 2. The lowest BCUT2D eigenvalue weighted by Gasteiger charge is -2.21. The highest BCUT2D eigenvalue weighted by atomic mass is 19.3. The molecule has 0 aliphatic carbocycles. The summed E-state index contributed by atoms with van der Waals surface area (Å²) in [6, 6.07) is 10.4. The molecule has 0 radical (unpaired) electrons. The van der Waals surface area contributed by atoms with E-state index >= 15 is 0 Å². The molecule has 208 valence electrons. The van der Waals surface area contributed by atoms with Gasteiger partial charge in [-0.3, -0.25) is 19.3 Å². The van der Waals surface area contributed by atoms with Gasteiger partial charge in [-0.25, -0.2) is 13.8 Å². The molecule has 1 fully saturated rings. The van der Waals surface area contributed by atoms with Crippen LogP contribution in [0.25, 0.3) is 22.3 Å². The van der Waals surface area contributed by atoms with E-state index in [0.717, 1.165) is 11.1 Å². The molecular formula is C28H34F2N6O3. The summed E-state index contributed by atoms with van der Waals surface area (Å²) in [6.07, 6.45) is -0.236. The van der Waals surface area contributed by atoms with Crippen LogP contribution in [0.3, 0.4) is 0 Å². The van der Waals surface area contributed by atoms with Crippen LogP contribution >= 0.6 is 0 Å². The third-order valence-electron chi connectivity index (χ3n) is 7.22. The van der Waals surface area contributed by atoms with Crippen LogP contribution in [0.1, 0.15) is 31.4 Å². The van der Waals surface area contributed by atoms with Crippen molar-refractivity contribution in [2.75, 3.05) is 32.4 Å². The number of nitrogens with two attached hydrogens (primary N) is 1. The van der Waals surface area contributed by atoms with Crippen molar-refractivity contribution in [3.63, 3.8) is 0 Å². The van der Waals surface area contributed by atoms with E-state index in [1.54, 1.807) is 21.6 Å². The van der Waals surface area contributed by atoms with Crippen molar-refractivity contribution in [2.24, 2.45) is 0 Å². The maximum atomic E-state index is 13.7. The van der Waals surface area contributed by atoms with Gasteiger partial charge in [-0.05, 0) is 31.2 Å². The summed E-state index contributed by atoms with van der Waals surface area (Å²) in [5.74, 6) is -3.04. The van der Waals surface area contributed by atoms with E-state index in [0.29, 0.717) is 29.8 Å². The van der Waals surface area contributed by atoms with Gasteiger partial charge in [-0.2, -0.15) is 0 Å². The van der Waals surface area contributed by atoms with Crippen LogP contribution in [0.15, 0.2) is 41.2 Å². The number of hydrogen-bond acceptors (Lipinski definition) is 6. The summed E-state index contributed by atoms with van der Waals surface area (Å²) in [6.45, 7) is 4.61. The second kappa shape index (κ2) is 11.5. The van der Waals surface area contributed by atoms with Gasteiger partial charge in [0.1, 0.15) is 11.5 Å². The lowest BCUT2D eigenvalue weighted by atomic mass is 10.0. The Balaban J connectivity index is 1.49. The lowest BCUT2D eigenvalue weighted by molar-refractivity contribution is -0.121. The highest BCUT2D eigenvalue weighted by molar-refractivity contribution is 5.85. The zero-order chi connectivity index (χ0) is 28.3. The molecule has 11 heteroatoms. The van der Waals surface area contributed by atoms with Crippen LogP contribution in [0.5, 0.6) is 0 Å². The number of rotatable bonds is 9. The van der Waals surface area contributed by atoms with Crippen LogP contribution in [0.4, 0.5) is 14.6 Å². The van der Waals surface area contributed by atoms with Gasteiger partial charge in [0, 0.05) is 43.7 Å². The molecule has 4 N–H and O–H groups in total. The fourth-order valence-electron chi connectivity index (χ4n) is 5.10. The summed E-state index contributed by atoms with van der Waals surface area (Å²) in [5.41, 5.74) is 8.82. The van der Waals surface area contributed by atoms with Gasteiger partial charge in [0.15, 0.2) is 5.43 Å². The van der Waals surface area contributed by atoms with Gasteiger partial charge < -0.3 is 20.9 Å². The number of halogens is 2. The van der Waals surface area contributed by atoms with Gasteiger partial charge in [0.2, 0.25) is 11.8 Å². The topological polar surface area (TPSA) is 122 Å². The van der Waals surface area contributed by atoms with E-state index in [-0.39, 0.29) is 67.0 Å². The number of benzene rings is 1. The molecule has 3 aromatic rings. The van der Waals surface area contributed by atoms with Crippen molar-refractivity contribution in [1.29, 1.82) is 0 Å². The largest absolute Gasteiger partial charge is 0.385 e. The van der Waals surface area contributed by atoms with Crippen molar-refractivity contribution >= 4 is 28.7 Å². The molecule has 2 aromatic heterocycles. The number of fused-ring (bicyclic) bond motifs is 1. The first-order chi connectivity index (χ1) is 18.6. The molecule has 4 rings (SSSR count). The molecule has 0 saturated carbocycles. The molecule has 39 heavy (non-hydrogen) atoms. The number of carbonyl (C=O) groups excluding carboxylic acids is 2. The Hall–Kier alpha value is -3.86. The molecular weight excluding hydrogens is 506 g/mol. The Bertz CT molecular complexity index is 1440. The van der Waals surface area contributed by atoms with E-state index in [1.165, 1.54) is 7.05 Å². The quantitative estimate of drug-likeness (QED) is 0.383. The summed E-state index contributed by atoms with van der Waals surface area (Å²) in [4.78, 5) is 43.9. The zero-order valence-electron chi connectivity index (χ0n) is 22.4. The predicted octanol–water partition coefficient (Wildman–Crippen LogP) is 2.34. The molecule has 3 heterocycles. The fraction of sp³-hybridized carbons (Fsp3) is 0.429. The van der Waals surface area contributed by atoms with Gasteiger partial charge >= 0.3 is 0 Å². The van der Waals surface area contributed by atoms with Gasteiger partial charge in [0.25, 0.3) is 5.92 Å². The molecule has 1 aliphatic rings. The number of aryl methyl sites for hydroxylation is 1. The highest BCUT2D eigenvalue weighted by Gasteiger charge is 2.44. The Morgan fingerprint density at radius 2 is 1.79 bits per heavy atom. The smallest absolute Gasteiger partial charge is 0.262 e. The van der Waals surface area contributed by atoms with Gasteiger partial charge in [-0.1, -0.05) is 31.2 Å². The van der Waals surface area contributed by atoms with E-state index in [4.69, 9.17) is 10.7 Å². The molecule has 1 saturated heterocycles. The first-order valence-electron chi connectivity index (χ1n) is 13.1. The third-order valence-corrected chi connectivity index (χ3v) is 7.22. The van der Waals surface area contributed by atoms with Crippen molar-refractivity contribution in [3.8, 4) is 11.3 Å². The summed E-state index contributed by atoms with van der Waals surface area (Å²) < 4.78 is 29.2. The molecule has 1 atom stereocenters. The Kier molecular flexibility index (Phi) is 8.29. The first-order valence-corrected chi connectivity index (χ1v) is 13.1. The van der Waals surface area contributed by atoms with Crippen LogP contribution in [-0.4, -0.2) is 64.9 Å². The molecule has 0 bridgehead atoms. The summed E-state index contributed by atoms with van der Waals surface area (Å²) >= 11 is 0. The van der Waals surface area contributed by atoms with Crippen molar-refractivity contribution in [3.05, 3.63) is 57.7 Å². The number of hydrogen-bond donors (Lipinski definition) is 3. The Morgan fingerprint density at radius 1 is 1.08 bits per heavy atom. The zero-order valence-corrected chi connectivity index (χ0v) is 22.4. The van der Waals surface area contributed by atoms with Gasteiger partial charge in [-0.15, -0.1) is 0 Å². The molecule has 1 aromatic carbocycles. The monoisotopic (exact) mass is 540 g/mol. The SMILES string of the molecule is CCN1CC(F)(F)C[C@H]1CNC(=O)Cc1ccc(-c2ccc3c(=O)c(CC(=O)NC)c(N)n(CC)c3n2)cc1. The standard InChI is InChI=1S/C28H34F2N6O3/c1-4-35-16-28(29,30)14-19(35)15-33-24(38)12-17-6-8-18(9-7-17)22-11-10-20-25(39)21(13-23(37)32-3)26(31)36(5-2)27(20)34-22/h6-11,19H,4-5,12-16,31H2,1-3H3,(H,32,37)(H,33,38)/t19-/m0/s1. The average molecular weight is 541 g/mol. The highest BCUT2D eigenvalue weighted by Crippen LogP contribution is 2.31. The number of nitrogens with zero attached hydrogens (tertiary/aromatic N) is 3. The molecule has 1 aliphatic heterocycles. The van der Waals surface area contributed by atoms with Crippen LogP contribution in [-0.2, 0) is 29.0 Å². The first kappa shape index (κ1) is 28.2. The second-order valence-electron chi connectivity index (χ2n) is 9.81. The number of nitrogen functional groups attached to an aromatic ring is 1. The average Bonchev–Trinajstić information content (AvgIpc) is 3.23.